The van der Waals surface area contributed by atoms with E-state index in [0.717, 1.165) is 11.3 Å². The largest absolute Gasteiger partial charge is 0.505 e. The Morgan fingerprint density at radius 1 is 1.00 bits per heavy atom. The van der Waals surface area contributed by atoms with E-state index in [9.17, 15) is 5.11 Å². The minimum Gasteiger partial charge on any atom is -0.505 e. The molecule has 2 aromatic carbocycles. The van der Waals surface area contributed by atoms with E-state index in [1.807, 2.05) is 31.2 Å². The van der Waals surface area contributed by atoms with Crippen LogP contribution in [-0.2, 0) is 0 Å². The number of phenols is 1. The Morgan fingerprint density at radius 2 is 1.53 bits per heavy atom. The van der Waals surface area contributed by atoms with Gasteiger partial charge in [0.1, 0.15) is 0 Å². The molecule has 1 atom stereocenters. The predicted molar refractivity (Wildman–Crippen MR) is 81.6 cm³/mol. The van der Waals surface area contributed by atoms with Crippen LogP contribution < -0.4 is 5.32 Å². The summed E-state index contributed by atoms with van der Waals surface area (Å²) in [6, 6.07) is 10.9. The van der Waals surface area contributed by atoms with Gasteiger partial charge in [-0.15, -0.1) is 0 Å². The summed E-state index contributed by atoms with van der Waals surface area (Å²) in [6.45, 7) is 2.01. The van der Waals surface area contributed by atoms with E-state index in [2.05, 4.69) is 5.32 Å². The van der Waals surface area contributed by atoms with Crippen LogP contribution in [0.2, 0.25) is 15.1 Å². The van der Waals surface area contributed by atoms with Crippen LogP contribution in [0.5, 0.6) is 5.75 Å². The second-order valence-electron chi connectivity index (χ2n) is 4.21. The lowest BCUT2D eigenvalue weighted by Gasteiger charge is -2.16. The molecule has 0 radical (unpaired) electrons. The monoisotopic (exact) mass is 315 g/mol. The van der Waals surface area contributed by atoms with Crippen LogP contribution in [0.4, 0.5) is 5.69 Å². The molecule has 0 aromatic heterocycles. The van der Waals surface area contributed by atoms with Crippen LogP contribution >= 0.6 is 34.8 Å². The molecular formula is C14H12Cl3NO. The van der Waals surface area contributed by atoms with Crippen LogP contribution in [-0.4, -0.2) is 5.11 Å². The summed E-state index contributed by atoms with van der Waals surface area (Å²) in [5, 5.41) is 13.9. The number of hydrogen-bond acceptors (Lipinski definition) is 2. The van der Waals surface area contributed by atoms with E-state index >= 15 is 0 Å². The zero-order valence-corrected chi connectivity index (χ0v) is 12.4. The molecule has 0 aliphatic rings. The quantitative estimate of drug-likeness (QED) is 0.730. The zero-order valence-electron chi connectivity index (χ0n) is 10.1. The average Bonchev–Trinajstić information content (AvgIpc) is 2.36. The van der Waals surface area contributed by atoms with Crippen molar-refractivity contribution < 1.29 is 5.11 Å². The molecule has 0 saturated heterocycles. The molecule has 0 bridgehead atoms. The normalized spacial score (nSPS) is 12.2. The number of halogens is 3. The number of nitrogens with one attached hydrogen (secondary N) is 1. The van der Waals surface area contributed by atoms with Crippen LogP contribution in [0.25, 0.3) is 0 Å². The zero-order chi connectivity index (χ0) is 14.0. The Hall–Kier alpha value is -1.09. The van der Waals surface area contributed by atoms with Gasteiger partial charge in [-0.05, 0) is 36.8 Å². The predicted octanol–water partition coefficient (Wildman–Crippen LogP) is 5.53. The number of phenolic OH excluding ortho intramolecular Hbond substituents is 1. The molecule has 0 amide bonds. The van der Waals surface area contributed by atoms with Crippen molar-refractivity contribution in [3.63, 3.8) is 0 Å². The summed E-state index contributed by atoms with van der Waals surface area (Å²) in [7, 11) is 0. The standard InChI is InChI=1S/C14H12Cl3NO/c1-8(9-2-4-10(15)5-3-9)18-11-6-12(16)14(19)13(17)7-11/h2-8,18-19H,1H3. The third kappa shape index (κ3) is 3.47. The second-order valence-corrected chi connectivity index (χ2v) is 5.46. The fourth-order valence-corrected chi connectivity index (χ4v) is 2.35. The number of hydrogen-bond donors (Lipinski definition) is 2. The third-order valence-corrected chi connectivity index (χ3v) is 3.60. The van der Waals surface area contributed by atoms with Crippen molar-refractivity contribution in [1.29, 1.82) is 0 Å². The molecule has 2 nitrogen and oxygen atoms in total. The van der Waals surface area contributed by atoms with Gasteiger partial charge >= 0.3 is 0 Å². The summed E-state index contributed by atoms with van der Waals surface area (Å²) < 4.78 is 0. The highest BCUT2D eigenvalue weighted by molar-refractivity contribution is 6.37. The van der Waals surface area contributed by atoms with E-state index in [1.54, 1.807) is 12.1 Å². The lowest BCUT2D eigenvalue weighted by Crippen LogP contribution is -2.06. The van der Waals surface area contributed by atoms with Crippen molar-refractivity contribution >= 4 is 40.5 Å². The van der Waals surface area contributed by atoms with Crippen LogP contribution in [0.1, 0.15) is 18.5 Å². The van der Waals surface area contributed by atoms with Crippen molar-refractivity contribution in [1.82, 2.24) is 0 Å². The van der Waals surface area contributed by atoms with Gasteiger partial charge in [-0.2, -0.15) is 0 Å². The highest BCUT2D eigenvalue weighted by Crippen LogP contribution is 2.35. The molecule has 0 aliphatic carbocycles. The smallest absolute Gasteiger partial charge is 0.152 e. The first-order chi connectivity index (χ1) is 8.97. The van der Waals surface area contributed by atoms with Crippen LogP contribution in [0.3, 0.4) is 0 Å². The molecule has 5 heteroatoms. The summed E-state index contributed by atoms with van der Waals surface area (Å²) in [5.41, 5.74) is 1.83. The van der Waals surface area contributed by atoms with Gasteiger partial charge in [0.2, 0.25) is 0 Å². The maximum Gasteiger partial charge on any atom is 0.152 e. The van der Waals surface area contributed by atoms with Gasteiger partial charge < -0.3 is 10.4 Å². The van der Waals surface area contributed by atoms with Gasteiger partial charge in [-0.1, -0.05) is 46.9 Å². The van der Waals surface area contributed by atoms with E-state index in [1.165, 1.54) is 0 Å². The van der Waals surface area contributed by atoms with Gasteiger partial charge in [0.25, 0.3) is 0 Å². The highest BCUT2D eigenvalue weighted by atomic mass is 35.5. The maximum atomic E-state index is 9.51. The fourth-order valence-electron chi connectivity index (χ4n) is 1.73. The van der Waals surface area contributed by atoms with Gasteiger partial charge in [-0.3, -0.25) is 0 Å². The molecule has 19 heavy (non-hydrogen) atoms. The summed E-state index contributed by atoms with van der Waals surface area (Å²) >= 11 is 17.6. The summed E-state index contributed by atoms with van der Waals surface area (Å²) in [6.07, 6.45) is 0. The minimum atomic E-state index is -0.104. The van der Waals surface area contributed by atoms with Crippen molar-refractivity contribution in [3.05, 3.63) is 57.0 Å². The van der Waals surface area contributed by atoms with E-state index in [4.69, 9.17) is 34.8 Å². The van der Waals surface area contributed by atoms with Gasteiger partial charge in [0, 0.05) is 16.8 Å². The van der Waals surface area contributed by atoms with Crippen molar-refractivity contribution in [3.8, 4) is 5.75 Å². The molecule has 2 rings (SSSR count). The fraction of sp³-hybridized carbons (Fsp3) is 0.143. The van der Waals surface area contributed by atoms with Gasteiger partial charge in [0.05, 0.1) is 10.0 Å². The summed E-state index contributed by atoms with van der Waals surface area (Å²) in [5.74, 6) is -0.104. The highest BCUT2D eigenvalue weighted by Gasteiger charge is 2.10. The number of rotatable bonds is 3. The topological polar surface area (TPSA) is 32.3 Å². The Morgan fingerprint density at radius 3 is 2.05 bits per heavy atom. The lowest BCUT2D eigenvalue weighted by atomic mass is 10.1. The first kappa shape index (κ1) is 14.3. The van der Waals surface area contributed by atoms with E-state index in [-0.39, 0.29) is 21.8 Å². The van der Waals surface area contributed by atoms with Gasteiger partial charge in [-0.25, -0.2) is 0 Å². The first-order valence-corrected chi connectivity index (χ1v) is 6.81. The van der Waals surface area contributed by atoms with Crippen LogP contribution in [0, 0.1) is 0 Å². The third-order valence-electron chi connectivity index (χ3n) is 2.77. The minimum absolute atomic E-state index is 0.0638. The Labute approximate surface area is 126 Å². The molecule has 0 fully saturated rings. The number of anilines is 1. The lowest BCUT2D eigenvalue weighted by molar-refractivity contribution is 0.476. The first-order valence-electron chi connectivity index (χ1n) is 5.67. The van der Waals surface area contributed by atoms with E-state index in [0.29, 0.717) is 5.02 Å². The van der Waals surface area contributed by atoms with E-state index < -0.39 is 0 Å². The van der Waals surface area contributed by atoms with Crippen LogP contribution in [0.15, 0.2) is 36.4 Å². The molecule has 0 aliphatic heterocycles. The average molecular weight is 317 g/mol. The Kier molecular flexibility index (Phi) is 4.46. The molecule has 0 saturated carbocycles. The molecule has 100 valence electrons. The molecular weight excluding hydrogens is 305 g/mol. The number of benzene rings is 2. The van der Waals surface area contributed by atoms with Gasteiger partial charge in [0.15, 0.2) is 5.75 Å². The molecule has 2 N–H and O–H groups in total. The molecule has 1 unspecified atom stereocenters. The molecule has 2 aromatic rings. The Bertz CT molecular complexity index is 561. The molecule has 0 heterocycles. The van der Waals surface area contributed by atoms with Crippen molar-refractivity contribution in [2.45, 2.75) is 13.0 Å². The van der Waals surface area contributed by atoms with Crippen molar-refractivity contribution in [2.75, 3.05) is 5.32 Å². The molecule has 0 spiro atoms. The second kappa shape index (κ2) is 5.91. The Balaban J connectivity index is 2.19. The van der Waals surface area contributed by atoms with Crippen molar-refractivity contribution in [2.24, 2.45) is 0 Å². The number of aromatic hydroxyl groups is 1. The maximum absolute atomic E-state index is 9.51. The SMILES string of the molecule is CC(Nc1cc(Cl)c(O)c(Cl)c1)c1ccc(Cl)cc1. The summed E-state index contributed by atoms with van der Waals surface area (Å²) in [4.78, 5) is 0.